The molecule has 12 heteroatoms. The molecule has 0 radical (unpaired) electrons. The Kier molecular flexibility index (Phi) is 10.2. The fraction of sp³-hybridized carbons (Fsp3) is 0.950. The van der Waals surface area contributed by atoms with Crippen molar-refractivity contribution in [1.82, 2.24) is 0 Å². The van der Waals surface area contributed by atoms with Crippen molar-refractivity contribution in [2.24, 2.45) is 39.4 Å². The number of hydrogen-bond donors (Lipinski definition) is 5. The van der Waals surface area contributed by atoms with Crippen LogP contribution in [0.15, 0.2) is 0 Å². The molecule has 0 aromatic rings. The van der Waals surface area contributed by atoms with Crippen LogP contribution in [0.25, 0.3) is 0 Å². The summed E-state index contributed by atoms with van der Waals surface area (Å²) in [5, 5.41) is 56.0. The predicted molar refractivity (Wildman–Crippen MR) is 188 cm³/mol. The van der Waals surface area contributed by atoms with Crippen molar-refractivity contribution >= 4 is 11.9 Å². The summed E-state index contributed by atoms with van der Waals surface area (Å²) in [5.41, 5.74) is -4.35. The van der Waals surface area contributed by atoms with Gasteiger partial charge in [0.2, 0.25) is 0 Å². The van der Waals surface area contributed by atoms with Crippen LogP contribution in [0.2, 0.25) is 0 Å². The van der Waals surface area contributed by atoms with E-state index in [0.29, 0.717) is 32.1 Å². The molecule has 0 bridgehead atoms. The van der Waals surface area contributed by atoms with Crippen molar-refractivity contribution in [3.8, 4) is 0 Å². The Balaban J connectivity index is 1.28. The van der Waals surface area contributed by atoms with Crippen molar-refractivity contribution in [3.63, 3.8) is 0 Å². The molecule has 2 unspecified atom stereocenters. The van der Waals surface area contributed by atoms with Gasteiger partial charge in [-0.15, -0.1) is 0 Å². The second-order valence-corrected chi connectivity index (χ2v) is 19.6. The minimum Gasteiger partial charge on any atom is -0.463 e. The summed E-state index contributed by atoms with van der Waals surface area (Å²) in [6, 6.07) is 0. The van der Waals surface area contributed by atoms with Crippen molar-refractivity contribution in [2.75, 3.05) is 6.61 Å². The molecule has 2 heterocycles. The highest BCUT2D eigenvalue weighted by molar-refractivity contribution is 5.66. The van der Waals surface area contributed by atoms with Crippen LogP contribution in [0.5, 0.6) is 0 Å². The molecule has 0 amide bonds. The molecular weight excluding hydrogens is 672 g/mol. The van der Waals surface area contributed by atoms with Gasteiger partial charge in [0.1, 0.15) is 42.7 Å². The Morgan fingerprint density at radius 1 is 0.808 bits per heavy atom. The molecule has 12 nitrogen and oxygen atoms in total. The summed E-state index contributed by atoms with van der Waals surface area (Å²) < 4.78 is 30.5. The van der Waals surface area contributed by atoms with E-state index < -0.39 is 71.1 Å². The zero-order valence-corrected chi connectivity index (χ0v) is 33.0. The molecular formula is C40H66O12. The molecule has 0 aromatic carbocycles. The SMILES string of the molecule is CC(=O)OC[C@H]1O[C@@H](O[C@@H]2CC[C@@]3(C)C(CC[C@]4(C)[C@@H]3C[C@@H](OC(C)=O)C3[C@@](O)([C@]5(C)CC[C@H](C(C)(C)O)O5)CC[C@]34C)C2(C)C)[C@H](O)[C@@H](O)[C@@H]1O. The van der Waals surface area contributed by atoms with Crippen molar-refractivity contribution in [1.29, 1.82) is 0 Å². The first-order valence-corrected chi connectivity index (χ1v) is 19.6. The summed E-state index contributed by atoms with van der Waals surface area (Å²) in [6.07, 6.45) is -1.62. The number of aliphatic hydroxyl groups is 5. The van der Waals surface area contributed by atoms with Gasteiger partial charge >= 0.3 is 11.9 Å². The first-order chi connectivity index (χ1) is 23.9. The highest BCUT2D eigenvalue weighted by atomic mass is 16.7. The van der Waals surface area contributed by atoms with Gasteiger partial charge in [0.05, 0.1) is 23.4 Å². The minimum atomic E-state index is -1.54. The highest BCUT2D eigenvalue weighted by Crippen LogP contribution is 2.77. The van der Waals surface area contributed by atoms with Crippen LogP contribution in [-0.2, 0) is 33.3 Å². The number of carbonyl (C=O) groups is 2. The van der Waals surface area contributed by atoms with Gasteiger partial charge in [-0.2, -0.15) is 0 Å². The number of rotatable bonds is 7. The van der Waals surface area contributed by atoms with Crippen LogP contribution in [0.4, 0.5) is 0 Å². The summed E-state index contributed by atoms with van der Waals surface area (Å²) >= 11 is 0. The number of aliphatic hydroxyl groups excluding tert-OH is 3. The quantitative estimate of drug-likeness (QED) is 0.189. The van der Waals surface area contributed by atoms with E-state index in [-0.39, 0.29) is 52.7 Å². The number of hydrogen-bond acceptors (Lipinski definition) is 12. The second kappa shape index (κ2) is 13.1. The number of fused-ring (bicyclic) bond motifs is 5. The number of ether oxygens (including phenoxy) is 5. The zero-order valence-electron chi connectivity index (χ0n) is 33.0. The Labute approximate surface area is 309 Å². The number of carbonyl (C=O) groups excluding carboxylic acids is 2. The maximum absolute atomic E-state index is 13.0. The van der Waals surface area contributed by atoms with Gasteiger partial charge in [0, 0.05) is 19.8 Å². The molecule has 16 atom stereocenters. The first kappa shape index (κ1) is 40.3. The average Bonchev–Trinajstić information content (AvgIpc) is 3.59. The van der Waals surface area contributed by atoms with Gasteiger partial charge in [-0.05, 0) is 112 Å². The fourth-order valence-corrected chi connectivity index (χ4v) is 13.1. The van der Waals surface area contributed by atoms with E-state index in [9.17, 15) is 35.1 Å². The van der Waals surface area contributed by atoms with Crippen LogP contribution in [0, 0.1) is 39.4 Å². The van der Waals surface area contributed by atoms with E-state index in [4.69, 9.17) is 23.7 Å². The molecule has 52 heavy (non-hydrogen) atoms. The summed E-state index contributed by atoms with van der Waals surface area (Å²) in [7, 11) is 0. The van der Waals surface area contributed by atoms with E-state index >= 15 is 0 Å². The molecule has 0 spiro atoms. The molecule has 2 saturated heterocycles. The molecule has 0 aromatic heterocycles. The maximum Gasteiger partial charge on any atom is 0.302 e. The molecule has 6 rings (SSSR count). The molecule has 4 saturated carbocycles. The Morgan fingerprint density at radius 2 is 1.48 bits per heavy atom. The van der Waals surface area contributed by atoms with Crippen molar-refractivity contribution < 1.29 is 58.8 Å². The fourth-order valence-electron chi connectivity index (χ4n) is 13.1. The second-order valence-electron chi connectivity index (χ2n) is 19.6. The zero-order chi connectivity index (χ0) is 38.6. The van der Waals surface area contributed by atoms with Crippen LogP contribution in [0.1, 0.15) is 127 Å². The predicted octanol–water partition coefficient (Wildman–Crippen LogP) is 3.79. The third kappa shape index (κ3) is 5.99. The van der Waals surface area contributed by atoms with Gasteiger partial charge in [0.15, 0.2) is 6.29 Å². The summed E-state index contributed by atoms with van der Waals surface area (Å²) in [4.78, 5) is 24.3. The topological polar surface area (TPSA) is 181 Å². The lowest BCUT2D eigenvalue weighted by molar-refractivity contribution is -0.333. The van der Waals surface area contributed by atoms with Crippen molar-refractivity contribution in [2.45, 2.75) is 193 Å². The summed E-state index contributed by atoms with van der Waals surface area (Å²) in [6.45, 7) is 19.4. The molecule has 6 aliphatic rings. The van der Waals surface area contributed by atoms with Crippen LogP contribution < -0.4 is 0 Å². The highest BCUT2D eigenvalue weighted by Gasteiger charge is 2.76. The van der Waals surface area contributed by atoms with Gasteiger partial charge in [0.25, 0.3) is 0 Å². The van der Waals surface area contributed by atoms with Crippen LogP contribution in [-0.4, -0.2) is 110 Å². The Hall–Kier alpha value is -1.38. The van der Waals surface area contributed by atoms with E-state index in [1.54, 1.807) is 13.8 Å². The van der Waals surface area contributed by atoms with Gasteiger partial charge in [-0.1, -0.05) is 34.6 Å². The molecule has 6 fully saturated rings. The van der Waals surface area contributed by atoms with Crippen molar-refractivity contribution in [3.05, 3.63) is 0 Å². The van der Waals surface area contributed by atoms with Gasteiger partial charge in [-0.3, -0.25) is 9.59 Å². The Bertz CT molecular complexity index is 1380. The smallest absolute Gasteiger partial charge is 0.302 e. The standard InChI is InChI=1S/C40H66O12/c1-21(41)48-20-24-29(43)30(44)31(45)33(50-24)51-27-12-14-36(7)25(34(27,3)4)11-15-37(8)26(36)19-23(49-22(2)42)32-38(37,9)17-18-40(32,47)39(10)16-13-28(52-39)35(5,6)46/h23-33,43-47H,11-20H2,1-10H3/t23-,24-,25?,26-,27-,28-,29-,30+,31-,32?,33+,36+,37-,38-,39+,40-/m1/s1. The third-order valence-electron chi connectivity index (χ3n) is 16.1. The maximum atomic E-state index is 13.0. The van der Waals surface area contributed by atoms with E-state index in [0.717, 1.165) is 25.7 Å². The van der Waals surface area contributed by atoms with E-state index in [1.165, 1.54) is 13.8 Å². The molecule has 2 aliphatic heterocycles. The molecule has 5 N–H and O–H groups in total. The largest absolute Gasteiger partial charge is 0.463 e. The molecule has 4 aliphatic carbocycles. The van der Waals surface area contributed by atoms with Gasteiger partial charge in [-0.25, -0.2) is 0 Å². The third-order valence-corrected chi connectivity index (χ3v) is 16.1. The first-order valence-electron chi connectivity index (χ1n) is 19.6. The van der Waals surface area contributed by atoms with Crippen LogP contribution >= 0.6 is 0 Å². The van der Waals surface area contributed by atoms with E-state index in [2.05, 4.69) is 34.6 Å². The number of esters is 2. The van der Waals surface area contributed by atoms with Crippen LogP contribution in [0.3, 0.4) is 0 Å². The Morgan fingerprint density at radius 3 is 2.08 bits per heavy atom. The van der Waals surface area contributed by atoms with E-state index in [1.807, 2.05) is 6.92 Å². The summed E-state index contributed by atoms with van der Waals surface area (Å²) in [5.74, 6) is -0.915. The normalized spacial score (nSPS) is 51.6. The lowest BCUT2D eigenvalue weighted by atomic mass is 9.35. The monoisotopic (exact) mass is 738 g/mol. The molecule has 298 valence electrons. The average molecular weight is 739 g/mol. The van der Waals surface area contributed by atoms with Gasteiger partial charge < -0.3 is 49.2 Å². The lowest BCUT2D eigenvalue weighted by Gasteiger charge is -2.71. The lowest BCUT2D eigenvalue weighted by Crippen LogP contribution is -2.70. The minimum absolute atomic E-state index is 0.162.